The standard InChI is InChI=1S/C23H25FN2O2/c24-19-11-8-16(9-12-19)23(28)26-14-4-5-17-15-18(10-13-21(17)26)22(27)25-20-6-2-1-3-7-20/h8-13,15,20H,1-7,14H2,(H,25,27). The van der Waals surface area contributed by atoms with Crippen LogP contribution in [0.5, 0.6) is 0 Å². The molecule has 0 saturated heterocycles. The molecule has 4 nitrogen and oxygen atoms in total. The van der Waals surface area contributed by atoms with Gasteiger partial charge in [0.05, 0.1) is 0 Å². The van der Waals surface area contributed by atoms with Crippen LogP contribution in [0.1, 0.15) is 64.8 Å². The Morgan fingerprint density at radius 2 is 1.64 bits per heavy atom. The Kier molecular flexibility index (Phi) is 5.42. The minimum atomic E-state index is -0.357. The van der Waals surface area contributed by atoms with Crippen molar-refractivity contribution in [2.45, 2.75) is 51.0 Å². The number of nitrogens with one attached hydrogen (secondary N) is 1. The topological polar surface area (TPSA) is 49.4 Å². The molecular weight excluding hydrogens is 355 g/mol. The summed E-state index contributed by atoms with van der Waals surface area (Å²) >= 11 is 0. The molecule has 2 aromatic rings. The SMILES string of the molecule is O=C(NC1CCCCC1)c1ccc2c(c1)CCCN2C(=O)c1ccc(F)cc1. The van der Waals surface area contributed by atoms with Gasteiger partial charge in [0, 0.05) is 29.4 Å². The largest absolute Gasteiger partial charge is 0.349 e. The van der Waals surface area contributed by atoms with E-state index >= 15 is 0 Å². The van der Waals surface area contributed by atoms with Crippen LogP contribution in [0.4, 0.5) is 10.1 Å². The molecule has 0 atom stereocenters. The highest BCUT2D eigenvalue weighted by atomic mass is 19.1. The molecule has 2 aliphatic rings. The molecule has 5 heteroatoms. The van der Waals surface area contributed by atoms with Gasteiger partial charge in [-0.2, -0.15) is 0 Å². The van der Waals surface area contributed by atoms with Gasteiger partial charge in [-0.25, -0.2) is 4.39 Å². The second-order valence-corrected chi connectivity index (χ2v) is 7.72. The molecule has 0 unspecified atom stereocenters. The van der Waals surface area contributed by atoms with Crippen molar-refractivity contribution in [3.63, 3.8) is 0 Å². The van der Waals surface area contributed by atoms with Crippen molar-refractivity contribution < 1.29 is 14.0 Å². The Hall–Kier alpha value is -2.69. The second-order valence-electron chi connectivity index (χ2n) is 7.72. The quantitative estimate of drug-likeness (QED) is 0.853. The number of anilines is 1. The van der Waals surface area contributed by atoms with Gasteiger partial charge in [-0.05, 0) is 73.7 Å². The highest BCUT2D eigenvalue weighted by Gasteiger charge is 2.25. The molecule has 1 fully saturated rings. The van der Waals surface area contributed by atoms with Gasteiger partial charge in [-0.3, -0.25) is 9.59 Å². The minimum absolute atomic E-state index is 0.0308. The zero-order chi connectivity index (χ0) is 19.5. The van der Waals surface area contributed by atoms with Crippen LogP contribution in [0, 0.1) is 5.82 Å². The van der Waals surface area contributed by atoms with Crippen LogP contribution in [0.2, 0.25) is 0 Å². The number of benzene rings is 2. The van der Waals surface area contributed by atoms with E-state index in [1.165, 1.54) is 43.5 Å². The van der Waals surface area contributed by atoms with E-state index < -0.39 is 0 Å². The van der Waals surface area contributed by atoms with Crippen molar-refractivity contribution in [1.82, 2.24) is 5.32 Å². The summed E-state index contributed by atoms with van der Waals surface area (Å²) in [5.41, 5.74) is 2.97. The first-order valence-electron chi connectivity index (χ1n) is 10.1. The summed E-state index contributed by atoms with van der Waals surface area (Å²) in [5.74, 6) is -0.527. The van der Waals surface area contributed by atoms with Crippen molar-refractivity contribution in [3.8, 4) is 0 Å². The lowest BCUT2D eigenvalue weighted by atomic mass is 9.94. The van der Waals surface area contributed by atoms with E-state index in [0.29, 0.717) is 17.7 Å². The minimum Gasteiger partial charge on any atom is -0.349 e. The molecule has 1 saturated carbocycles. The Balaban J connectivity index is 1.52. The third-order valence-electron chi connectivity index (χ3n) is 5.74. The molecule has 1 heterocycles. The number of carbonyl (C=O) groups excluding carboxylic acids is 2. The highest BCUT2D eigenvalue weighted by molar-refractivity contribution is 6.07. The lowest BCUT2D eigenvalue weighted by Gasteiger charge is -2.30. The fourth-order valence-corrected chi connectivity index (χ4v) is 4.21. The first-order valence-corrected chi connectivity index (χ1v) is 10.1. The molecule has 2 aromatic carbocycles. The van der Waals surface area contributed by atoms with Crippen molar-refractivity contribution in [3.05, 3.63) is 65.0 Å². The third-order valence-corrected chi connectivity index (χ3v) is 5.74. The number of hydrogen-bond donors (Lipinski definition) is 1. The van der Waals surface area contributed by atoms with Crippen molar-refractivity contribution in [2.75, 3.05) is 11.4 Å². The van der Waals surface area contributed by atoms with Gasteiger partial charge >= 0.3 is 0 Å². The summed E-state index contributed by atoms with van der Waals surface area (Å²) in [6.07, 6.45) is 7.39. The predicted molar refractivity (Wildman–Crippen MR) is 107 cm³/mol. The zero-order valence-corrected chi connectivity index (χ0v) is 15.9. The normalized spacial score (nSPS) is 17.1. The van der Waals surface area contributed by atoms with Crippen LogP contribution in [0.25, 0.3) is 0 Å². The van der Waals surface area contributed by atoms with Crippen molar-refractivity contribution >= 4 is 17.5 Å². The lowest BCUT2D eigenvalue weighted by Crippen LogP contribution is -2.37. The monoisotopic (exact) mass is 380 g/mol. The molecule has 0 radical (unpaired) electrons. The molecule has 2 amide bonds. The Bertz CT molecular complexity index is 873. The number of halogens is 1. The molecule has 0 spiro atoms. The number of hydrogen-bond acceptors (Lipinski definition) is 2. The first-order chi connectivity index (χ1) is 13.6. The summed E-state index contributed by atoms with van der Waals surface area (Å²) in [4.78, 5) is 27.3. The molecule has 146 valence electrons. The number of nitrogens with zero attached hydrogens (tertiary/aromatic N) is 1. The molecule has 1 aliphatic carbocycles. The molecule has 0 bridgehead atoms. The number of aryl methyl sites for hydroxylation is 1. The highest BCUT2D eigenvalue weighted by Crippen LogP contribution is 2.30. The Morgan fingerprint density at radius 1 is 0.929 bits per heavy atom. The van der Waals surface area contributed by atoms with Crippen molar-refractivity contribution in [2.24, 2.45) is 0 Å². The van der Waals surface area contributed by atoms with E-state index in [9.17, 15) is 14.0 Å². The average Bonchev–Trinajstić information content (AvgIpc) is 2.73. The molecule has 28 heavy (non-hydrogen) atoms. The van der Waals surface area contributed by atoms with E-state index in [4.69, 9.17) is 0 Å². The maximum Gasteiger partial charge on any atom is 0.258 e. The third kappa shape index (κ3) is 3.93. The number of amides is 2. The fraction of sp³-hybridized carbons (Fsp3) is 0.391. The number of carbonyl (C=O) groups is 2. The van der Waals surface area contributed by atoms with Gasteiger partial charge < -0.3 is 10.2 Å². The second kappa shape index (κ2) is 8.13. The van der Waals surface area contributed by atoms with Crippen LogP contribution < -0.4 is 10.2 Å². The zero-order valence-electron chi connectivity index (χ0n) is 15.9. The lowest BCUT2D eigenvalue weighted by molar-refractivity contribution is 0.0927. The van der Waals surface area contributed by atoms with E-state index in [1.54, 1.807) is 11.0 Å². The predicted octanol–water partition coefficient (Wildman–Crippen LogP) is 4.48. The van der Waals surface area contributed by atoms with E-state index in [1.807, 2.05) is 12.1 Å². The molecular formula is C23H25FN2O2. The van der Waals surface area contributed by atoms with Gasteiger partial charge in [0.15, 0.2) is 0 Å². The van der Waals surface area contributed by atoms with Gasteiger partial charge in [-0.15, -0.1) is 0 Å². The maximum atomic E-state index is 13.2. The molecule has 0 aromatic heterocycles. The molecule has 4 rings (SSSR count). The van der Waals surface area contributed by atoms with E-state index in [2.05, 4.69) is 5.32 Å². The summed E-state index contributed by atoms with van der Waals surface area (Å²) < 4.78 is 13.2. The smallest absolute Gasteiger partial charge is 0.258 e. The molecule has 1 N–H and O–H groups in total. The fourth-order valence-electron chi connectivity index (χ4n) is 4.21. The van der Waals surface area contributed by atoms with Crippen molar-refractivity contribution in [1.29, 1.82) is 0 Å². The van der Waals surface area contributed by atoms with E-state index in [-0.39, 0.29) is 23.7 Å². The van der Waals surface area contributed by atoms with Gasteiger partial charge in [0.1, 0.15) is 5.82 Å². The average molecular weight is 380 g/mol. The van der Waals surface area contributed by atoms with Gasteiger partial charge in [-0.1, -0.05) is 19.3 Å². The van der Waals surface area contributed by atoms with Gasteiger partial charge in [0.2, 0.25) is 0 Å². The number of rotatable bonds is 3. The summed E-state index contributed by atoms with van der Waals surface area (Å²) in [6.45, 7) is 0.622. The van der Waals surface area contributed by atoms with E-state index in [0.717, 1.165) is 36.9 Å². The van der Waals surface area contributed by atoms with Crippen LogP contribution >= 0.6 is 0 Å². The molecule has 1 aliphatic heterocycles. The van der Waals surface area contributed by atoms with Gasteiger partial charge in [0.25, 0.3) is 11.8 Å². The summed E-state index contributed by atoms with van der Waals surface area (Å²) in [5, 5.41) is 3.15. The van der Waals surface area contributed by atoms with Crippen LogP contribution in [-0.4, -0.2) is 24.4 Å². The van der Waals surface area contributed by atoms with Crippen LogP contribution in [-0.2, 0) is 6.42 Å². The summed E-state index contributed by atoms with van der Waals surface area (Å²) in [7, 11) is 0. The first kappa shape index (κ1) is 18.7. The Labute approximate surface area is 164 Å². The van der Waals surface area contributed by atoms with Crippen LogP contribution in [0.3, 0.4) is 0 Å². The maximum absolute atomic E-state index is 13.2. The number of fused-ring (bicyclic) bond motifs is 1. The summed E-state index contributed by atoms with van der Waals surface area (Å²) in [6, 6.07) is 11.5. The Morgan fingerprint density at radius 3 is 2.39 bits per heavy atom. The van der Waals surface area contributed by atoms with Crippen LogP contribution in [0.15, 0.2) is 42.5 Å².